The number of hydrogen-bond acceptors (Lipinski definition) is 2. The highest BCUT2D eigenvalue weighted by molar-refractivity contribution is 8.00. The monoisotopic (exact) mass is 229 g/mol. The lowest BCUT2D eigenvalue weighted by molar-refractivity contribution is 0.548. The fourth-order valence-electron chi connectivity index (χ4n) is 1.66. The van der Waals surface area contributed by atoms with Gasteiger partial charge in [-0.2, -0.15) is 0 Å². The van der Waals surface area contributed by atoms with E-state index in [2.05, 4.69) is 12.2 Å². The number of nitrogens with one attached hydrogen (secondary N) is 1. The van der Waals surface area contributed by atoms with Crippen molar-refractivity contribution in [3.05, 3.63) is 35.4 Å². The Balaban J connectivity index is 2.24. The molecule has 0 amide bonds. The minimum Gasteiger partial charge on any atom is -0.301 e. The molecule has 1 nitrogen and oxygen atoms in total. The quantitative estimate of drug-likeness (QED) is 0.794. The first-order chi connectivity index (χ1) is 7.16. The molecule has 0 saturated carbocycles. The van der Waals surface area contributed by atoms with Crippen molar-refractivity contribution in [1.29, 1.82) is 0 Å². The van der Waals surface area contributed by atoms with Crippen LogP contribution in [0.2, 0.25) is 0 Å². The summed E-state index contributed by atoms with van der Waals surface area (Å²) in [7, 11) is 0. The molecule has 1 aromatic rings. The first-order valence-corrected chi connectivity index (χ1v) is 5.95. The molecule has 1 aliphatic heterocycles. The van der Waals surface area contributed by atoms with Crippen LogP contribution in [0.15, 0.2) is 18.2 Å². The molecule has 1 saturated heterocycles. The Kier molecular flexibility index (Phi) is 3.26. The molecule has 0 radical (unpaired) electrons. The minimum absolute atomic E-state index is 0.121. The van der Waals surface area contributed by atoms with Crippen LogP contribution in [-0.2, 0) is 0 Å². The number of thioether (sulfide) groups is 1. The van der Waals surface area contributed by atoms with Crippen LogP contribution >= 0.6 is 11.8 Å². The SMILES string of the molecule is CC1CCNC(c2cc(F)ccc2F)S1. The lowest BCUT2D eigenvalue weighted by Crippen LogP contribution is -2.29. The maximum atomic E-state index is 13.5. The third kappa shape index (κ3) is 2.49. The molecule has 1 aromatic carbocycles. The molecule has 15 heavy (non-hydrogen) atoms. The number of halogens is 2. The Labute approximate surface area is 92.3 Å². The standard InChI is InChI=1S/C11H13F2NS/c1-7-4-5-14-11(15-7)9-6-8(12)2-3-10(9)13/h2-3,6-7,11,14H,4-5H2,1H3. The summed E-state index contributed by atoms with van der Waals surface area (Å²) in [5.41, 5.74) is 0.423. The van der Waals surface area contributed by atoms with Crippen LogP contribution in [0.5, 0.6) is 0 Å². The molecular formula is C11H13F2NS. The van der Waals surface area contributed by atoms with Gasteiger partial charge in [0.05, 0.1) is 5.37 Å². The van der Waals surface area contributed by atoms with Gasteiger partial charge in [-0.1, -0.05) is 6.92 Å². The van der Waals surface area contributed by atoms with E-state index in [9.17, 15) is 8.78 Å². The first kappa shape index (κ1) is 10.9. The van der Waals surface area contributed by atoms with Crippen molar-refractivity contribution in [3.63, 3.8) is 0 Å². The van der Waals surface area contributed by atoms with Crippen LogP contribution in [-0.4, -0.2) is 11.8 Å². The summed E-state index contributed by atoms with van der Waals surface area (Å²) < 4.78 is 26.5. The van der Waals surface area contributed by atoms with E-state index in [1.165, 1.54) is 12.1 Å². The number of hydrogen-bond donors (Lipinski definition) is 1. The normalized spacial score (nSPS) is 26.6. The summed E-state index contributed by atoms with van der Waals surface area (Å²) in [6, 6.07) is 3.61. The topological polar surface area (TPSA) is 12.0 Å². The highest BCUT2D eigenvalue weighted by atomic mass is 32.2. The zero-order chi connectivity index (χ0) is 10.8. The highest BCUT2D eigenvalue weighted by Gasteiger charge is 2.23. The molecule has 0 spiro atoms. The molecule has 1 heterocycles. The zero-order valence-electron chi connectivity index (χ0n) is 8.47. The molecule has 2 atom stereocenters. The Morgan fingerprint density at radius 2 is 2.20 bits per heavy atom. The Bertz CT molecular complexity index is 356. The van der Waals surface area contributed by atoms with Crippen LogP contribution in [0.1, 0.15) is 24.3 Å². The van der Waals surface area contributed by atoms with Crippen molar-refractivity contribution >= 4 is 11.8 Å². The third-order valence-electron chi connectivity index (χ3n) is 2.49. The summed E-state index contributed by atoms with van der Waals surface area (Å²) in [5, 5.41) is 3.55. The summed E-state index contributed by atoms with van der Waals surface area (Å²) in [4.78, 5) is 0. The van der Waals surface area contributed by atoms with E-state index in [1.54, 1.807) is 11.8 Å². The van der Waals surface area contributed by atoms with Gasteiger partial charge in [0.25, 0.3) is 0 Å². The molecule has 2 unspecified atom stereocenters. The Hall–Kier alpha value is -0.610. The van der Waals surface area contributed by atoms with Gasteiger partial charge in [-0.25, -0.2) is 8.78 Å². The van der Waals surface area contributed by atoms with E-state index < -0.39 is 0 Å². The van der Waals surface area contributed by atoms with E-state index >= 15 is 0 Å². The molecule has 4 heteroatoms. The predicted octanol–water partition coefficient (Wildman–Crippen LogP) is 3.08. The lowest BCUT2D eigenvalue weighted by atomic mass is 10.2. The van der Waals surface area contributed by atoms with Crippen LogP contribution in [0.4, 0.5) is 8.78 Å². The largest absolute Gasteiger partial charge is 0.301 e. The Morgan fingerprint density at radius 1 is 1.40 bits per heavy atom. The molecule has 0 aromatic heterocycles. The average Bonchev–Trinajstić information content (AvgIpc) is 2.22. The summed E-state index contributed by atoms with van der Waals surface area (Å²) in [5.74, 6) is -0.720. The average molecular weight is 229 g/mol. The fraction of sp³-hybridized carbons (Fsp3) is 0.455. The van der Waals surface area contributed by atoms with Crippen molar-refractivity contribution in [2.24, 2.45) is 0 Å². The van der Waals surface area contributed by atoms with Crippen LogP contribution < -0.4 is 5.32 Å². The second kappa shape index (κ2) is 4.49. The predicted molar refractivity (Wildman–Crippen MR) is 58.8 cm³/mol. The third-order valence-corrected chi connectivity index (χ3v) is 3.88. The molecule has 1 aliphatic rings. The molecule has 0 aliphatic carbocycles. The fourth-order valence-corrected chi connectivity index (χ4v) is 2.92. The summed E-state index contributed by atoms with van der Waals surface area (Å²) >= 11 is 1.64. The van der Waals surface area contributed by atoms with Gasteiger partial charge in [-0.15, -0.1) is 11.8 Å². The van der Waals surface area contributed by atoms with E-state index in [4.69, 9.17) is 0 Å². The maximum Gasteiger partial charge on any atom is 0.129 e. The second-order valence-corrected chi connectivity index (χ2v) is 5.28. The van der Waals surface area contributed by atoms with E-state index in [1.807, 2.05) is 0 Å². The van der Waals surface area contributed by atoms with Gasteiger partial charge in [0.15, 0.2) is 0 Å². The van der Waals surface area contributed by atoms with Crippen molar-refractivity contribution in [2.75, 3.05) is 6.54 Å². The zero-order valence-corrected chi connectivity index (χ0v) is 9.28. The van der Waals surface area contributed by atoms with Crippen LogP contribution in [0.25, 0.3) is 0 Å². The molecule has 1 N–H and O–H groups in total. The molecule has 2 rings (SSSR count). The number of rotatable bonds is 1. The maximum absolute atomic E-state index is 13.5. The van der Waals surface area contributed by atoms with Gasteiger partial charge < -0.3 is 5.32 Å². The van der Waals surface area contributed by atoms with Gasteiger partial charge in [-0.3, -0.25) is 0 Å². The van der Waals surface area contributed by atoms with Crippen LogP contribution in [0.3, 0.4) is 0 Å². The van der Waals surface area contributed by atoms with E-state index in [0.717, 1.165) is 19.0 Å². The van der Waals surface area contributed by atoms with E-state index in [0.29, 0.717) is 10.8 Å². The minimum atomic E-state index is -0.382. The smallest absolute Gasteiger partial charge is 0.129 e. The highest BCUT2D eigenvalue weighted by Crippen LogP contribution is 2.35. The van der Waals surface area contributed by atoms with Gasteiger partial charge in [-0.05, 0) is 31.2 Å². The van der Waals surface area contributed by atoms with E-state index in [-0.39, 0.29) is 17.0 Å². The van der Waals surface area contributed by atoms with Crippen LogP contribution in [0, 0.1) is 11.6 Å². The van der Waals surface area contributed by atoms with Gasteiger partial charge in [0, 0.05) is 10.8 Å². The van der Waals surface area contributed by atoms with Gasteiger partial charge in [0.1, 0.15) is 11.6 Å². The number of benzene rings is 1. The van der Waals surface area contributed by atoms with Crippen molar-refractivity contribution in [2.45, 2.75) is 24.0 Å². The molecule has 1 fully saturated rings. The molecule has 82 valence electrons. The van der Waals surface area contributed by atoms with Gasteiger partial charge >= 0.3 is 0 Å². The molecule has 0 bridgehead atoms. The van der Waals surface area contributed by atoms with Crippen molar-refractivity contribution in [1.82, 2.24) is 5.32 Å². The summed E-state index contributed by atoms with van der Waals surface area (Å²) in [6.07, 6.45) is 1.07. The second-order valence-electron chi connectivity index (χ2n) is 3.74. The lowest BCUT2D eigenvalue weighted by Gasteiger charge is -2.28. The summed E-state index contributed by atoms with van der Waals surface area (Å²) in [6.45, 7) is 2.96. The van der Waals surface area contributed by atoms with Crippen molar-refractivity contribution in [3.8, 4) is 0 Å². The van der Waals surface area contributed by atoms with Crippen molar-refractivity contribution < 1.29 is 8.78 Å². The molecular weight excluding hydrogens is 216 g/mol. The van der Waals surface area contributed by atoms with Gasteiger partial charge in [0.2, 0.25) is 0 Å². The first-order valence-electron chi connectivity index (χ1n) is 5.00. The Morgan fingerprint density at radius 3 is 2.93 bits per heavy atom.